The molecule has 0 fully saturated rings. The van der Waals surface area contributed by atoms with E-state index >= 15 is 0 Å². The van der Waals surface area contributed by atoms with Crippen molar-refractivity contribution in [2.45, 2.75) is 23.2 Å². The van der Waals surface area contributed by atoms with Crippen LogP contribution < -0.4 is 0 Å². The summed E-state index contributed by atoms with van der Waals surface area (Å²) in [6.07, 6.45) is 0. The van der Waals surface area contributed by atoms with Gasteiger partial charge in [-0.1, -0.05) is 0 Å². The van der Waals surface area contributed by atoms with Crippen LogP contribution in [0.5, 0.6) is 0 Å². The third-order valence-electron chi connectivity index (χ3n) is 0. The molecule has 0 heterocycles. The average Bonchev–Trinajstić information content (AvgIpc) is 0.650. The van der Waals surface area contributed by atoms with Gasteiger partial charge in [0.2, 0.25) is 0 Å². The zero-order chi connectivity index (χ0) is 5.45. The normalized spacial score (nSPS) is 19.2. The van der Waals surface area contributed by atoms with Crippen LogP contribution in [0, 0.1) is 0 Å². The van der Waals surface area contributed by atoms with Gasteiger partial charge in [-0.3, -0.25) is 0 Å². The SMILES string of the molecule is [CH3][Zr]([CH3])([CH3])([CH3])[CH3]. The summed E-state index contributed by atoms with van der Waals surface area (Å²) in [6, 6.07) is 0. The van der Waals surface area contributed by atoms with E-state index in [1.165, 1.54) is 0 Å². The molecule has 0 aromatic heterocycles. The van der Waals surface area contributed by atoms with Gasteiger partial charge in [-0.05, 0) is 0 Å². The monoisotopic (exact) mass is 165 g/mol. The van der Waals surface area contributed by atoms with Crippen LogP contribution in [0.3, 0.4) is 0 Å². The topological polar surface area (TPSA) is 0 Å². The summed E-state index contributed by atoms with van der Waals surface area (Å²) in [5, 5.41) is 0. The Hall–Kier alpha value is 0.883. The fourth-order valence-electron chi connectivity index (χ4n) is 0. The molecule has 0 aliphatic rings. The van der Waals surface area contributed by atoms with Gasteiger partial charge in [0.1, 0.15) is 0 Å². The van der Waals surface area contributed by atoms with Crippen LogP contribution in [0.15, 0.2) is 0 Å². The molecule has 0 aliphatic heterocycles. The van der Waals surface area contributed by atoms with E-state index in [4.69, 9.17) is 0 Å². The maximum atomic E-state index is 2.42. The van der Waals surface area contributed by atoms with Crippen molar-refractivity contribution in [1.82, 2.24) is 0 Å². The fraction of sp³-hybridized carbons (Fsp3) is 1.00. The number of hydrogen-bond acceptors (Lipinski definition) is 0. The van der Waals surface area contributed by atoms with E-state index in [9.17, 15) is 0 Å². The Bertz CT molecular complexity index is 37.1. The molecule has 0 spiro atoms. The van der Waals surface area contributed by atoms with E-state index in [2.05, 4.69) is 23.2 Å². The zero-order valence-electron chi connectivity index (χ0n) is 5.50. The van der Waals surface area contributed by atoms with E-state index in [0.29, 0.717) is 0 Å². The van der Waals surface area contributed by atoms with E-state index in [0.717, 1.165) is 0 Å². The van der Waals surface area contributed by atoms with E-state index in [-0.39, 0.29) is 0 Å². The third kappa shape index (κ3) is 94.4. The summed E-state index contributed by atoms with van der Waals surface area (Å²) < 4.78 is 12.1. The summed E-state index contributed by atoms with van der Waals surface area (Å²) in [7, 11) is 0. The first-order chi connectivity index (χ1) is 2.24. The van der Waals surface area contributed by atoms with Gasteiger partial charge in [0.05, 0.1) is 0 Å². The maximum absolute atomic E-state index is 2.42. The molecule has 39 valence electrons. The molecule has 0 radical (unpaired) electrons. The summed E-state index contributed by atoms with van der Waals surface area (Å²) in [5.41, 5.74) is 0. The van der Waals surface area contributed by atoms with Crippen molar-refractivity contribution < 1.29 is 18.8 Å². The molecule has 0 amide bonds. The van der Waals surface area contributed by atoms with Crippen LogP contribution in [-0.2, 0) is 18.8 Å². The summed E-state index contributed by atoms with van der Waals surface area (Å²) in [6.45, 7) is 0. The van der Waals surface area contributed by atoms with E-state index in [1.54, 1.807) is 0 Å². The molecule has 0 atom stereocenters. The molecule has 0 nitrogen and oxygen atoms in total. The van der Waals surface area contributed by atoms with Gasteiger partial charge in [0.25, 0.3) is 0 Å². The first-order valence-corrected chi connectivity index (χ1v) is 14.8. The second-order valence-corrected chi connectivity index (χ2v) is 29.6. The molecule has 0 saturated carbocycles. The first-order valence-electron chi connectivity index (χ1n) is 2.50. The van der Waals surface area contributed by atoms with Crippen LogP contribution in [0.4, 0.5) is 0 Å². The van der Waals surface area contributed by atoms with Gasteiger partial charge < -0.3 is 0 Å². The van der Waals surface area contributed by atoms with Crippen LogP contribution in [-0.4, -0.2) is 0 Å². The van der Waals surface area contributed by atoms with E-state index in [1.807, 2.05) is 0 Å². The molecular formula is C5H15Zr. The number of rotatable bonds is 0. The minimum absolute atomic E-state index is 1.76. The van der Waals surface area contributed by atoms with Crippen molar-refractivity contribution in [3.05, 3.63) is 0 Å². The molecule has 6 heavy (non-hydrogen) atoms. The van der Waals surface area contributed by atoms with Crippen LogP contribution in [0.25, 0.3) is 0 Å². The predicted molar refractivity (Wildman–Crippen MR) is 29.3 cm³/mol. The molecular weight excluding hydrogens is 151 g/mol. The van der Waals surface area contributed by atoms with Gasteiger partial charge in [-0.2, -0.15) is 0 Å². The van der Waals surface area contributed by atoms with Gasteiger partial charge in [-0.15, -0.1) is 0 Å². The van der Waals surface area contributed by atoms with Crippen molar-refractivity contribution in [2.75, 3.05) is 0 Å². The Labute approximate surface area is 42.1 Å². The quantitative estimate of drug-likeness (QED) is 0.519. The summed E-state index contributed by atoms with van der Waals surface area (Å²) >= 11 is -1.76. The zero-order valence-corrected chi connectivity index (χ0v) is 7.96. The van der Waals surface area contributed by atoms with Crippen molar-refractivity contribution >= 4 is 0 Å². The Morgan fingerprint density at radius 2 is 0.667 bits per heavy atom. The minimum atomic E-state index is -1.76. The second kappa shape index (κ2) is 1.18. The van der Waals surface area contributed by atoms with E-state index < -0.39 is 18.8 Å². The van der Waals surface area contributed by atoms with Gasteiger partial charge in [-0.25, -0.2) is 0 Å². The molecule has 0 unspecified atom stereocenters. The molecule has 0 N–H and O–H groups in total. The van der Waals surface area contributed by atoms with Gasteiger partial charge in [0.15, 0.2) is 0 Å². The average molecular weight is 166 g/mol. The Morgan fingerprint density at radius 1 is 0.667 bits per heavy atom. The summed E-state index contributed by atoms with van der Waals surface area (Å²) in [5.74, 6) is 0. The number of hydrogen-bond donors (Lipinski definition) is 0. The van der Waals surface area contributed by atoms with Crippen molar-refractivity contribution in [2.24, 2.45) is 0 Å². The van der Waals surface area contributed by atoms with Crippen LogP contribution >= 0.6 is 0 Å². The Morgan fingerprint density at radius 3 is 0.667 bits per heavy atom. The third-order valence-corrected chi connectivity index (χ3v) is 0. The fourth-order valence-corrected chi connectivity index (χ4v) is 0. The van der Waals surface area contributed by atoms with Gasteiger partial charge >= 0.3 is 41.9 Å². The standard InChI is InChI=1S/5CH3.Zr/h5*1H3;. The van der Waals surface area contributed by atoms with Gasteiger partial charge in [0, 0.05) is 0 Å². The molecule has 0 aliphatic carbocycles. The van der Waals surface area contributed by atoms with Crippen molar-refractivity contribution in [3.63, 3.8) is 0 Å². The predicted octanol–water partition coefficient (Wildman–Crippen LogP) is 2.92. The molecule has 0 aromatic carbocycles. The van der Waals surface area contributed by atoms with Crippen molar-refractivity contribution in [3.8, 4) is 0 Å². The summed E-state index contributed by atoms with van der Waals surface area (Å²) in [4.78, 5) is 0. The van der Waals surface area contributed by atoms with Crippen LogP contribution in [0.1, 0.15) is 0 Å². The Kier molecular flexibility index (Phi) is 1.36. The molecule has 0 aromatic rings. The molecule has 0 bridgehead atoms. The molecule has 0 saturated heterocycles. The van der Waals surface area contributed by atoms with Crippen molar-refractivity contribution in [1.29, 1.82) is 0 Å². The van der Waals surface area contributed by atoms with Crippen LogP contribution in [0.2, 0.25) is 23.2 Å². The Balaban J connectivity index is 3.73. The second-order valence-electron chi connectivity index (χ2n) is 5.00. The molecule has 1 heteroatoms. The first kappa shape index (κ1) is 6.88. The molecule has 0 rings (SSSR count).